The van der Waals surface area contributed by atoms with E-state index in [0.29, 0.717) is 0 Å². The zero-order valence-electron chi connectivity index (χ0n) is 6.89. The topological polar surface area (TPSA) is 12.0 Å². The highest BCUT2D eigenvalue weighted by molar-refractivity contribution is 7.99. The summed E-state index contributed by atoms with van der Waals surface area (Å²) >= 11 is 2.05. The lowest BCUT2D eigenvalue weighted by atomic mass is 10.2. The van der Waals surface area contributed by atoms with Gasteiger partial charge in [-0.2, -0.15) is 11.8 Å². The Morgan fingerprint density at radius 3 is 2.70 bits per heavy atom. The van der Waals surface area contributed by atoms with Gasteiger partial charge in [0.25, 0.3) is 0 Å². The first-order valence-corrected chi connectivity index (χ1v) is 5.29. The second kappa shape index (κ2) is 4.24. The molecule has 1 nitrogen and oxygen atoms in total. The van der Waals surface area contributed by atoms with Crippen molar-refractivity contribution in [3.63, 3.8) is 0 Å². The molecule has 60 valence electrons. The maximum atomic E-state index is 3.38. The van der Waals surface area contributed by atoms with Crippen molar-refractivity contribution >= 4 is 11.8 Å². The van der Waals surface area contributed by atoms with E-state index in [0.717, 1.165) is 12.0 Å². The minimum atomic E-state index is 0.796. The van der Waals surface area contributed by atoms with Gasteiger partial charge in [-0.1, -0.05) is 6.92 Å². The number of nitrogens with one attached hydrogen (secondary N) is 1. The molecule has 1 N–H and O–H groups in total. The maximum absolute atomic E-state index is 3.38. The molecule has 0 unspecified atom stereocenters. The average Bonchev–Trinajstić information content (AvgIpc) is 2.73. The third-order valence-electron chi connectivity index (χ3n) is 2.06. The quantitative estimate of drug-likeness (QED) is 0.656. The Hall–Kier alpha value is 0.310. The van der Waals surface area contributed by atoms with Gasteiger partial charge in [-0.05, 0) is 31.6 Å². The van der Waals surface area contributed by atoms with Crippen molar-refractivity contribution in [2.45, 2.75) is 25.8 Å². The standard InChI is InChI=1S/C8H17NS/c1-3-10-6-8(9-2)7-4-5-7/h7-9H,3-6H2,1-2H3/t8-/m0/s1. The molecule has 0 aromatic heterocycles. The summed E-state index contributed by atoms with van der Waals surface area (Å²) in [6.07, 6.45) is 2.91. The highest BCUT2D eigenvalue weighted by Crippen LogP contribution is 2.33. The van der Waals surface area contributed by atoms with Gasteiger partial charge in [0.05, 0.1) is 0 Å². The van der Waals surface area contributed by atoms with E-state index in [1.54, 1.807) is 0 Å². The van der Waals surface area contributed by atoms with Crippen LogP contribution in [-0.2, 0) is 0 Å². The lowest BCUT2D eigenvalue weighted by molar-refractivity contribution is 0.554. The summed E-state index contributed by atoms with van der Waals surface area (Å²) in [4.78, 5) is 0. The normalized spacial score (nSPS) is 21.0. The molecule has 0 spiro atoms. The molecule has 1 atom stereocenters. The lowest BCUT2D eigenvalue weighted by Gasteiger charge is -2.13. The van der Waals surface area contributed by atoms with Gasteiger partial charge in [-0.15, -0.1) is 0 Å². The first-order valence-electron chi connectivity index (χ1n) is 4.13. The van der Waals surface area contributed by atoms with Crippen molar-refractivity contribution in [1.82, 2.24) is 5.32 Å². The molecule has 0 aromatic rings. The van der Waals surface area contributed by atoms with Crippen LogP contribution in [0.4, 0.5) is 0 Å². The molecule has 0 heterocycles. The number of thioether (sulfide) groups is 1. The summed E-state index contributed by atoms with van der Waals surface area (Å²) in [5.41, 5.74) is 0. The van der Waals surface area contributed by atoms with Crippen LogP contribution in [0.1, 0.15) is 19.8 Å². The molecule has 0 amide bonds. The van der Waals surface area contributed by atoms with Crippen molar-refractivity contribution in [2.24, 2.45) is 5.92 Å². The largest absolute Gasteiger partial charge is 0.316 e. The Labute approximate surface area is 68.0 Å². The van der Waals surface area contributed by atoms with E-state index in [4.69, 9.17) is 0 Å². The molecular weight excluding hydrogens is 142 g/mol. The van der Waals surface area contributed by atoms with E-state index in [1.807, 2.05) is 11.8 Å². The van der Waals surface area contributed by atoms with Crippen molar-refractivity contribution in [1.29, 1.82) is 0 Å². The third-order valence-corrected chi connectivity index (χ3v) is 3.07. The van der Waals surface area contributed by atoms with E-state index >= 15 is 0 Å². The van der Waals surface area contributed by atoms with Crippen LogP contribution in [0, 0.1) is 5.92 Å². The van der Waals surface area contributed by atoms with Gasteiger partial charge in [0.1, 0.15) is 0 Å². The first kappa shape index (κ1) is 8.41. The minimum absolute atomic E-state index is 0.796. The molecule has 1 rings (SSSR count). The monoisotopic (exact) mass is 159 g/mol. The molecule has 0 aliphatic heterocycles. The van der Waals surface area contributed by atoms with E-state index in [2.05, 4.69) is 19.3 Å². The Morgan fingerprint density at radius 2 is 2.30 bits per heavy atom. The predicted molar refractivity (Wildman–Crippen MR) is 48.6 cm³/mol. The molecule has 0 saturated heterocycles. The summed E-state index contributed by atoms with van der Waals surface area (Å²) in [5, 5.41) is 3.38. The highest BCUT2D eigenvalue weighted by atomic mass is 32.2. The van der Waals surface area contributed by atoms with Crippen LogP contribution in [0.2, 0.25) is 0 Å². The van der Waals surface area contributed by atoms with Gasteiger partial charge < -0.3 is 5.32 Å². The van der Waals surface area contributed by atoms with E-state index < -0.39 is 0 Å². The average molecular weight is 159 g/mol. The summed E-state index contributed by atoms with van der Waals surface area (Å²) in [7, 11) is 2.08. The minimum Gasteiger partial charge on any atom is -0.316 e. The molecule has 2 heteroatoms. The van der Waals surface area contributed by atoms with Gasteiger partial charge in [-0.3, -0.25) is 0 Å². The van der Waals surface area contributed by atoms with Crippen LogP contribution < -0.4 is 5.32 Å². The fourth-order valence-electron chi connectivity index (χ4n) is 1.20. The zero-order valence-corrected chi connectivity index (χ0v) is 7.71. The Morgan fingerprint density at radius 1 is 1.60 bits per heavy atom. The molecule has 0 aromatic carbocycles. The van der Waals surface area contributed by atoms with Gasteiger partial charge in [0, 0.05) is 11.8 Å². The van der Waals surface area contributed by atoms with Gasteiger partial charge in [0.2, 0.25) is 0 Å². The zero-order chi connectivity index (χ0) is 7.40. The molecule has 0 radical (unpaired) electrons. The summed E-state index contributed by atoms with van der Waals surface area (Å²) in [6, 6.07) is 0.796. The van der Waals surface area contributed by atoms with Crippen molar-refractivity contribution < 1.29 is 0 Å². The second-order valence-electron chi connectivity index (χ2n) is 2.89. The molecule has 0 bridgehead atoms. The number of hydrogen-bond donors (Lipinski definition) is 1. The summed E-state index contributed by atoms with van der Waals surface area (Å²) in [6.45, 7) is 2.23. The summed E-state index contributed by atoms with van der Waals surface area (Å²) < 4.78 is 0. The van der Waals surface area contributed by atoms with Crippen molar-refractivity contribution in [2.75, 3.05) is 18.6 Å². The Balaban J connectivity index is 2.07. The van der Waals surface area contributed by atoms with E-state index in [1.165, 1.54) is 24.3 Å². The van der Waals surface area contributed by atoms with Gasteiger partial charge in [0.15, 0.2) is 0 Å². The van der Waals surface area contributed by atoms with E-state index in [9.17, 15) is 0 Å². The van der Waals surface area contributed by atoms with Crippen LogP contribution in [0.5, 0.6) is 0 Å². The molecule has 1 aliphatic carbocycles. The van der Waals surface area contributed by atoms with E-state index in [-0.39, 0.29) is 0 Å². The van der Waals surface area contributed by atoms with Crippen LogP contribution in [0.25, 0.3) is 0 Å². The fraction of sp³-hybridized carbons (Fsp3) is 1.00. The van der Waals surface area contributed by atoms with Crippen LogP contribution in [-0.4, -0.2) is 24.6 Å². The number of hydrogen-bond acceptors (Lipinski definition) is 2. The van der Waals surface area contributed by atoms with Gasteiger partial charge in [-0.25, -0.2) is 0 Å². The maximum Gasteiger partial charge on any atom is 0.0183 e. The highest BCUT2D eigenvalue weighted by Gasteiger charge is 2.29. The van der Waals surface area contributed by atoms with Crippen LogP contribution >= 0.6 is 11.8 Å². The molecule has 1 aliphatic rings. The second-order valence-corrected chi connectivity index (χ2v) is 4.21. The SMILES string of the molecule is CCSC[C@H](NC)C1CC1. The predicted octanol–water partition coefficient (Wildman–Crippen LogP) is 1.74. The summed E-state index contributed by atoms with van der Waals surface area (Å²) in [5.74, 6) is 3.56. The lowest BCUT2D eigenvalue weighted by Crippen LogP contribution is -2.29. The molecular formula is C8H17NS. The molecule has 10 heavy (non-hydrogen) atoms. The Bertz CT molecular complexity index is 91.3. The smallest absolute Gasteiger partial charge is 0.0183 e. The third kappa shape index (κ3) is 2.51. The first-order chi connectivity index (χ1) is 4.88. The van der Waals surface area contributed by atoms with Crippen LogP contribution in [0.3, 0.4) is 0 Å². The Kier molecular flexibility index (Phi) is 3.57. The van der Waals surface area contributed by atoms with Crippen molar-refractivity contribution in [3.8, 4) is 0 Å². The van der Waals surface area contributed by atoms with Gasteiger partial charge >= 0.3 is 0 Å². The fourth-order valence-corrected chi connectivity index (χ4v) is 2.13. The number of rotatable bonds is 5. The molecule has 1 saturated carbocycles. The molecule has 1 fully saturated rings. The van der Waals surface area contributed by atoms with Crippen LogP contribution in [0.15, 0.2) is 0 Å². The van der Waals surface area contributed by atoms with Crippen molar-refractivity contribution in [3.05, 3.63) is 0 Å².